The molecule has 0 amide bonds. The second-order valence-corrected chi connectivity index (χ2v) is 4.38. The lowest BCUT2D eigenvalue weighted by atomic mass is 10.2. The number of rotatable bonds is 4. The van der Waals surface area contributed by atoms with Crippen LogP contribution in [0.2, 0.25) is 0 Å². The highest BCUT2D eigenvalue weighted by Gasteiger charge is 2.11. The Balaban J connectivity index is 2.42. The molecule has 0 aliphatic rings. The van der Waals surface area contributed by atoms with E-state index in [0.717, 1.165) is 4.47 Å². The maximum absolute atomic E-state index is 10.7. The van der Waals surface area contributed by atoms with Gasteiger partial charge in [-0.2, -0.15) is 0 Å². The number of halogens is 1. The van der Waals surface area contributed by atoms with E-state index in [1.807, 2.05) is 0 Å². The lowest BCUT2D eigenvalue weighted by Gasteiger charge is -2.08. The fourth-order valence-corrected chi connectivity index (χ4v) is 1.94. The first kappa shape index (κ1) is 12.6. The third-order valence-corrected chi connectivity index (χ3v) is 2.99. The molecule has 1 aromatic carbocycles. The number of nitrogens with zero attached hydrogens (tertiary/aromatic N) is 3. The first-order chi connectivity index (χ1) is 8.61. The molecule has 94 valence electrons. The van der Waals surface area contributed by atoms with E-state index in [2.05, 4.69) is 26.2 Å². The minimum atomic E-state index is -0.928. The monoisotopic (exact) mass is 311 g/mol. The summed E-state index contributed by atoms with van der Waals surface area (Å²) in [6, 6.07) is 5.36. The van der Waals surface area contributed by atoms with Gasteiger partial charge in [0.1, 0.15) is 5.75 Å². The number of carboxylic acids is 1. The Morgan fingerprint density at radius 2 is 2.33 bits per heavy atom. The van der Waals surface area contributed by atoms with E-state index < -0.39 is 5.97 Å². The molecule has 0 saturated heterocycles. The molecule has 0 aliphatic carbocycles. The van der Waals surface area contributed by atoms with Gasteiger partial charge in [0.05, 0.1) is 35.6 Å². The molecule has 0 bridgehead atoms. The van der Waals surface area contributed by atoms with Crippen LogP contribution in [-0.2, 0) is 11.2 Å². The zero-order chi connectivity index (χ0) is 13.1. The molecule has 2 rings (SSSR count). The van der Waals surface area contributed by atoms with Crippen LogP contribution in [0.3, 0.4) is 0 Å². The first-order valence-electron chi connectivity index (χ1n) is 5.07. The highest BCUT2D eigenvalue weighted by atomic mass is 79.9. The van der Waals surface area contributed by atoms with Crippen LogP contribution in [0.4, 0.5) is 0 Å². The Morgan fingerprint density at radius 3 is 3.00 bits per heavy atom. The molecule has 0 saturated carbocycles. The summed E-state index contributed by atoms with van der Waals surface area (Å²) < 4.78 is 7.47. The van der Waals surface area contributed by atoms with Crippen LogP contribution in [0.15, 0.2) is 28.9 Å². The number of hydrogen-bond donors (Lipinski definition) is 1. The van der Waals surface area contributed by atoms with E-state index in [0.29, 0.717) is 17.1 Å². The van der Waals surface area contributed by atoms with E-state index in [1.165, 1.54) is 10.9 Å². The number of hydrogen-bond acceptors (Lipinski definition) is 4. The Bertz CT molecular complexity index is 583. The van der Waals surface area contributed by atoms with E-state index in [9.17, 15) is 4.79 Å². The van der Waals surface area contributed by atoms with E-state index in [4.69, 9.17) is 9.84 Å². The van der Waals surface area contributed by atoms with Gasteiger partial charge in [0.15, 0.2) is 0 Å². The Hall–Kier alpha value is -1.89. The third-order valence-electron chi connectivity index (χ3n) is 2.33. The molecule has 0 atom stereocenters. The third kappa shape index (κ3) is 2.51. The zero-order valence-electron chi connectivity index (χ0n) is 9.50. The van der Waals surface area contributed by atoms with Crippen molar-refractivity contribution in [2.45, 2.75) is 6.42 Å². The highest BCUT2D eigenvalue weighted by molar-refractivity contribution is 9.10. The standard InChI is InChI=1S/C11H10BrN3O3/c1-18-10-4-7(2-3-9(10)12)15-8(5-11(16)17)6-13-14-15/h2-4,6H,5H2,1H3,(H,16,17). The van der Waals surface area contributed by atoms with Crippen molar-refractivity contribution in [2.24, 2.45) is 0 Å². The molecule has 18 heavy (non-hydrogen) atoms. The Kier molecular flexibility index (Phi) is 3.61. The van der Waals surface area contributed by atoms with Crippen LogP contribution in [-0.4, -0.2) is 33.2 Å². The van der Waals surface area contributed by atoms with Crippen molar-refractivity contribution in [1.82, 2.24) is 15.0 Å². The van der Waals surface area contributed by atoms with Crippen LogP contribution < -0.4 is 4.74 Å². The van der Waals surface area contributed by atoms with Crippen LogP contribution in [0, 0.1) is 0 Å². The van der Waals surface area contributed by atoms with Gasteiger partial charge in [-0.3, -0.25) is 4.79 Å². The predicted octanol–water partition coefficient (Wildman–Crippen LogP) is 1.67. The van der Waals surface area contributed by atoms with E-state index in [1.54, 1.807) is 25.3 Å². The maximum atomic E-state index is 10.7. The highest BCUT2D eigenvalue weighted by Crippen LogP contribution is 2.27. The van der Waals surface area contributed by atoms with Gasteiger partial charge in [0.2, 0.25) is 0 Å². The van der Waals surface area contributed by atoms with Crippen molar-refractivity contribution in [1.29, 1.82) is 0 Å². The topological polar surface area (TPSA) is 77.2 Å². The molecule has 0 fully saturated rings. The molecule has 0 radical (unpaired) electrons. The number of ether oxygens (including phenoxy) is 1. The molecule has 0 aliphatic heterocycles. The number of methoxy groups -OCH3 is 1. The van der Waals surface area contributed by atoms with Gasteiger partial charge < -0.3 is 9.84 Å². The van der Waals surface area contributed by atoms with Crippen LogP contribution >= 0.6 is 15.9 Å². The SMILES string of the molecule is COc1cc(-n2nncc2CC(=O)O)ccc1Br. The van der Waals surface area contributed by atoms with Gasteiger partial charge >= 0.3 is 5.97 Å². The summed E-state index contributed by atoms with van der Waals surface area (Å²) in [6.45, 7) is 0. The van der Waals surface area contributed by atoms with E-state index in [-0.39, 0.29) is 6.42 Å². The second-order valence-electron chi connectivity index (χ2n) is 3.53. The fraction of sp³-hybridized carbons (Fsp3) is 0.182. The average molecular weight is 312 g/mol. The quantitative estimate of drug-likeness (QED) is 0.929. The normalized spacial score (nSPS) is 10.3. The number of benzene rings is 1. The molecule has 0 unspecified atom stereocenters. The van der Waals surface area contributed by atoms with Crippen molar-refractivity contribution in [3.63, 3.8) is 0 Å². The van der Waals surface area contributed by atoms with Crippen LogP contribution in [0.1, 0.15) is 5.69 Å². The molecule has 6 nitrogen and oxygen atoms in total. The van der Waals surface area contributed by atoms with Gasteiger partial charge in [0, 0.05) is 6.07 Å². The summed E-state index contributed by atoms with van der Waals surface area (Å²) in [5.74, 6) is -0.285. The molecule has 0 spiro atoms. The molecular weight excluding hydrogens is 302 g/mol. The average Bonchev–Trinajstić information content (AvgIpc) is 2.77. The summed E-state index contributed by atoms with van der Waals surface area (Å²) in [6.07, 6.45) is 1.30. The van der Waals surface area contributed by atoms with E-state index >= 15 is 0 Å². The molecular formula is C11H10BrN3O3. The van der Waals surface area contributed by atoms with Gasteiger partial charge in [-0.05, 0) is 28.1 Å². The Morgan fingerprint density at radius 1 is 1.56 bits per heavy atom. The maximum Gasteiger partial charge on any atom is 0.309 e. The Labute approximate surface area is 111 Å². The summed E-state index contributed by atoms with van der Waals surface area (Å²) in [7, 11) is 1.56. The fourth-order valence-electron chi connectivity index (χ4n) is 1.53. The minimum absolute atomic E-state index is 0.134. The lowest BCUT2D eigenvalue weighted by Crippen LogP contribution is -2.08. The van der Waals surface area contributed by atoms with Crippen molar-refractivity contribution in [3.05, 3.63) is 34.6 Å². The van der Waals surface area contributed by atoms with Gasteiger partial charge in [-0.15, -0.1) is 5.10 Å². The van der Waals surface area contributed by atoms with Crippen LogP contribution in [0.25, 0.3) is 5.69 Å². The number of carboxylic acid groups (broad SMARTS) is 1. The second kappa shape index (κ2) is 5.18. The smallest absolute Gasteiger partial charge is 0.309 e. The first-order valence-corrected chi connectivity index (χ1v) is 5.86. The number of aliphatic carboxylic acids is 1. The van der Waals surface area contributed by atoms with Crippen molar-refractivity contribution in [2.75, 3.05) is 7.11 Å². The molecule has 2 aromatic rings. The van der Waals surface area contributed by atoms with Crippen molar-refractivity contribution < 1.29 is 14.6 Å². The summed E-state index contributed by atoms with van der Waals surface area (Å²) in [5.41, 5.74) is 1.20. The van der Waals surface area contributed by atoms with Crippen LogP contribution in [0.5, 0.6) is 5.75 Å². The molecule has 7 heteroatoms. The molecule has 1 heterocycles. The number of aromatic nitrogens is 3. The predicted molar refractivity (Wildman–Crippen MR) is 67.0 cm³/mol. The number of carbonyl (C=O) groups is 1. The molecule has 1 aromatic heterocycles. The molecule has 1 N–H and O–H groups in total. The zero-order valence-corrected chi connectivity index (χ0v) is 11.1. The van der Waals surface area contributed by atoms with Crippen molar-refractivity contribution in [3.8, 4) is 11.4 Å². The summed E-state index contributed by atoms with van der Waals surface area (Å²) in [5, 5.41) is 16.4. The van der Waals surface area contributed by atoms with Gasteiger partial charge in [-0.1, -0.05) is 5.21 Å². The lowest BCUT2D eigenvalue weighted by molar-refractivity contribution is -0.136. The minimum Gasteiger partial charge on any atom is -0.495 e. The van der Waals surface area contributed by atoms with Crippen molar-refractivity contribution >= 4 is 21.9 Å². The van der Waals surface area contributed by atoms with Gasteiger partial charge in [-0.25, -0.2) is 4.68 Å². The summed E-state index contributed by atoms with van der Waals surface area (Å²) in [4.78, 5) is 10.7. The van der Waals surface area contributed by atoms with Gasteiger partial charge in [0.25, 0.3) is 0 Å². The summed E-state index contributed by atoms with van der Waals surface area (Å²) >= 11 is 3.35. The largest absolute Gasteiger partial charge is 0.495 e.